The molecular weight excluding hydrogens is 234 g/mol. The molecular formula is C13H19NO4. The first-order chi connectivity index (χ1) is 8.49. The van der Waals surface area contributed by atoms with Crippen LogP contribution in [-0.2, 0) is 11.2 Å². The average Bonchev–Trinajstić information content (AvgIpc) is 2.31. The highest BCUT2D eigenvalue weighted by atomic mass is 16.3. The van der Waals surface area contributed by atoms with Crippen LogP contribution in [0.25, 0.3) is 0 Å². The lowest BCUT2D eigenvalue weighted by Gasteiger charge is -2.07. The van der Waals surface area contributed by atoms with Gasteiger partial charge in [-0.25, -0.2) is 0 Å². The van der Waals surface area contributed by atoms with Crippen LogP contribution in [0.1, 0.15) is 25.3 Å². The third-order valence-corrected chi connectivity index (χ3v) is 2.56. The maximum absolute atomic E-state index is 11.3. The first-order valence-electron chi connectivity index (χ1n) is 5.94. The van der Waals surface area contributed by atoms with E-state index in [1.54, 1.807) is 13.0 Å². The van der Waals surface area contributed by atoms with Crippen LogP contribution in [0.3, 0.4) is 0 Å². The van der Waals surface area contributed by atoms with E-state index in [9.17, 15) is 9.90 Å². The fourth-order valence-corrected chi connectivity index (χ4v) is 1.50. The monoisotopic (exact) mass is 253 g/mol. The SMILES string of the molecule is C[C@@H](O)CCC(=O)NCCc1ccc(O)c(O)c1. The van der Waals surface area contributed by atoms with Crippen LogP contribution < -0.4 is 5.32 Å². The van der Waals surface area contributed by atoms with Gasteiger partial charge in [-0.15, -0.1) is 0 Å². The van der Waals surface area contributed by atoms with E-state index in [4.69, 9.17) is 10.2 Å². The summed E-state index contributed by atoms with van der Waals surface area (Å²) in [5.74, 6) is -0.411. The fraction of sp³-hybridized carbons (Fsp3) is 0.462. The van der Waals surface area contributed by atoms with E-state index in [1.807, 2.05) is 0 Å². The third-order valence-electron chi connectivity index (χ3n) is 2.56. The van der Waals surface area contributed by atoms with Crippen molar-refractivity contribution in [2.24, 2.45) is 0 Å². The first kappa shape index (κ1) is 14.3. The first-order valence-corrected chi connectivity index (χ1v) is 5.94. The van der Waals surface area contributed by atoms with Crippen molar-refractivity contribution >= 4 is 5.91 Å². The summed E-state index contributed by atoms with van der Waals surface area (Å²) in [5, 5.41) is 30.2. The summed E-state index contributed by atoms with van der Waals surface area (Å²) in [7, 11) is 0. The summed E-state index contributed by atoms with van der Waals surface area (Å²) < 4.78 is 0. The summed E-state index contributed by atoms with van der Waals surface area (Å²) in [4.78, 5) is 11.3. The van der Waals surface area contributed by atoms with Gasteiger partial charge in [-0.1, -0.05) is 6.07 Å². The summed E-state index contributed by atoms with van der Waals surface area (Å²) in [6.45, 7) is 2.11. The number of phenols is 2. The Kier molecular flexibility index (Phi) is 5.45. The largest absolute Gasteiger partial charge is 0.504 e. The maximum atomic E-state index is 11.3. The minimum Gasteiger partial charge on any atom is -0.504 e. The molecule has 4 N–H and O–H groups in total. The highest BCUT2D eigenvalue weighted by molar-refractivity contribution is 5.75. The Morgan fingerprint density at radius 1 is 1.33 bits per heavy atom. The molecule has 18 heavy (non-hydrogen) atoms. The van der Waals surface area contributed by atoms with Gasteiger partial charge in [-0.05, 0) is 37.5 Å². The molecule has 5 nitrogen and oxygen atoms in total. The van der Waals surface area contributed by atoms with E-state index >= 15 is 0 Å². The Morgan fingerprint density at radius 3 is 2.67 bits per heavy atom. The number of hydrogen-bond acceptors (Lipinski definition) is 4. The highest BCUT2D eigenvalue weighted by Crippen LogP contribution is 2.24. The van der Waals surface area contributed by atoms with Gasteiger partial charge in [-0.2, -0.15) is 0 Å². The van der Waals surface area contributed by atoms with Gasteiger partial charge in [0.1, 0.15) is 0 Å². The van der Waals surface area contributed by atoms with Crippen molar-refractivity contribution in [3.8, 4) is 11.5 Å². The second-order valence-corrected chi connectivity index (χ2v) is 4.31. The number of amides is 1. The summed E-state index contributed by atoms with van der Waals surface area (Å²) in [6, 6.07) is 4.58. The number of nitrogens with one attached hydrogen (secondary N) is 1. The molecule has 0 heterocycles. The van der Waals surface area contributed by atoms with Gasteiger partial charge in [0.2, 0.25) is 5.91 Å². The Bertz CT molecular complexity index is 404. The quantitative estimate of drug-likeness (QED) is 0.567. The maximum Gasteiger partial charge on any atom is 0.220 e. The van der Waals surface area contributed by atoms with Crippen molar-refractivity contribution in [2.75, 3.05) is 6.54 Å². The zero-order valence-corrected chi connectivity index (χ0v) is 10.4. The van der Waals surface area contributed by atoms with Crippen molar-refractivity contribution in [3.05, 3.63) is 23.8 Å². The average molecular weight is 253 g/mol. The standard InChI is InChI=1S/C13H19NO4/c1-9(15)2-5-13(18)14-7-6-10-3-4-11(16)12(17)8-10/h3-4,8-9,15-17H,2,5-7H2,1H3,(H,14,18)/t9-/m1/s1. The summed E-state index contributed by atoms with van der Waals surface area (Å²) in [6.07, 6.45) is 0.864. The topological polar surface area (TPSA) is 89.8 Å². The van der Waals surface area contributed by atoms with E-state index in [1.165, 1.54) is 12.1 Å². The zero-order chi connectivity index (χ0) is 13.5. The van der Waals surface area contributed by atoms with Gasteiger partial charge in [-0.3, -0.25) is 4.79 Å². The van der Waals surface area contributed by atoms with Crippen LogP contribution in [-0.4, -0.2) is 33.9 Å². The van der Waals surface area contributed by atoms with Crippen LogP contribution in [0.4, 0.5) is 0 Å². The lowest BCUT2D eigenvalue weighted by Crippen LogP contribution is -2.26. The Hall–Kier alpha value is -1.75. The number of aliphatic hydroxyl groups excluding tert-OH is 1. The molecule has 0 saturated carbocycles. The molecule has 0 bridgehead atoms. The molecule has 0 radical (unpaired) electrons. The second kappa shape index (κ2) is 6.86. The fourth-order valence-electron chi connectivity index (χ4n) is 1.50. The predicted octanol–water partition coefficient (Wildman–Crippen LogP) is 0.917. The minimum atomic E-state index is -0.468. The molecule has 0 unspecified atom stereocenters. The van der Waals surface area contributed by atoms with Crippen molar-refractivity contribution in [1.29, 1.82) is 0 Å². The number of rotatable bonds is 6. The van der Waals surface area contributed by atoms with E-state index < -0.39 is 6.10 Å². The molecule has 1 aromatic carbocycles. The second-order valence-electron chi connectivity index (χ2n) is 4.31. The van der Waals surface area contributed by atoms with Crippen LogP contribution in [0.15, 0.2) is 18.2 Å². The van der Waals surface area contributed by atoms with Crippen LogP contribution in [0.5, 0.6) is 11.5 Å². The lowest BCUT2D eigenvalue weighted by molar-refractivity contribution is -0.121. The van der Waals surface area contributed by atoms with Crippen molar-refractivity contribution in [1.82, 2.24) is 5.32 Å². The Morgan fingerprint density at radius 2 is 2.06 bits per heavy atom. The van der Waals surface area contributed by atoms with Gasteiger partial charge >= 0.3 is 0 Å². The number of hydrogen-bond donors (Lipinski definition) is 4. The minimum absolute atomic E-state index is 0.0982. The molecule has 0 aliphatic carbocycles. The van der Waals surface area contributed by atoms with E-state index in [0.717, 1.165) is 5.56 Å². The zero-order valence-electron chi connectivity index (χ0n) is 10.4. The van der Waals surface area contributed by atoms with Crippen LogP contribution >= 0.6 is 0 Å². The van der Waals surface area contributed by atoms with Gasteiger partial charge in [0, 0.05) is 13.0 Å². The molecule has 100 valence electrons. The number of carbonyl (C=O) groups is 1. The third kappa shape index (κ3) is 5.05. The molecule has 0 aliphatic rings. The molecule has 1 atom stereocenters. The van der Waals surface area contributed by atoms with E-state index in [0.29, 0.717) is 25.8 Å². The van der Waals surface area contributed by atoms with Gasteiger partial charge in [0.05, 0.1) is 6.10 Å². The smallest absolute Gasteiger partial charge is 0.220 e. The van der Waals surface area contributed by atoms with Gasteiger partial charge in [0.15, 0.2) is 11.5 Å². The number of phenolic OH excluding ortho intramolecular Hbond substituents is 2. The molecule has 0 fully saturated rings. The molecule has 1 rings (SSSR count). The highest BCUT2D eigenvalue weighted by Gasteiger charge is 2.04. The van der Waals surface area contributed by atoms with Crippen molar-refractivity contribution in [3.63, 3.8) is 0 Å². The molecule has 1 amide bonds. The Balaban J connectivity index is 2.28. The van der Waals surface area contributed by atoms with Gasteiger partial charge in [0.25, 0.3) is 0 Å². The van der Waals surface area contributed by atoms with E-state index in [2.05, 4.69) is 5.32 Å². The molecule has 0 saturated heterocycles. The summed E-state index contributed by atoms with van der Waals surface area (Å²) in [5.41, 5.74) is 0.834. The lowest BCUT2D eigenvalue weighted by atomic mass is 10.1. The summed E-state index contributed by atoms with van der Waals surface area (Å²) >= 11 is 0. The number of aliphatic hydroxyl groups is 1. The normalized spacial score (nSPS) is 12.1. The van der Waals surface area contributed by atoms with Crippen LogP contribution in [0.2, 0.25) is 0 Å². The molecule has 0 spiro atoms. The molecule has 5 heteroatoms. The van der Waals surface area contributed by atoms with E-state index in [-0.39, 0.29) is 17.4 Å². The molecule has 1 aromatic rings. The van der Waals surface area contributed by atoms with Crippen molar-refractivity contribution in [2.45, 2.75) is 32.3 Å². The number of benzene rings is 1. The van der Waals surface area contributed by atoms with Crippen LogP contribution in [0, 0.1) is 0 Å². The number of aromatic hydroxyl groups is 2. The van der Waals surface area contributed by atoms with Crippen molar-refractivity contribution < 1.29 is 20.1 Å². The molecule has 0 aromatic heterocycles. The number of carbonyl (C=O) groups excluding carboxylic acids is 1. The Labute approximate surface area is 106 Å². The van der Waals surface area contributed by atoms with Gasteiger partial charge < -0.3 is 20.6 Å². The predicted molar refractivity (Wildman–Crippen MR) is 67.4 cm³/mol. The molecule has 0 aliphatic heterocycles.